The van der Waals surface area contributed by atoms with Crippen molar-refractivity contribution in [3.8, 4) is 11.5 Å². The van der Waals surface area contributed by atoms with Gasteiger partial charge in [-0.15, -0.1) is 0 Å². The predicted octanol–water partition coefficient (Wildman–Crippen LogP) is 5.18. The van der Waals surface area contributed by atoms with Gasteiger partial charge in [0.05, 0.1) is 10.6 Å². The average molecular weight is 421 g/mol. The summed E-state index contributed by atoms with van der Waals surface area (Å²) in [6.07, 6.45) is 6.38. The van der Waals surface area contributed by atoms with E-state index >= 15 is 0 Å². The Hall–Kier alpha value is -2.73. The molecule has 0 N–H and O–H groups in total. The van der Waals surface area contributed by atoms with Crippen LogP contribution in [0.4, 0.5) is 5.69 Å². The molecule has 2 aliphatic heterocycles. The van der Waals surface area contributed by atoms with Crippen LogP contribution in [0.3, 0.4) is 0 Å². The maximum atomic E-state index is 13.5. The van der Waals surface area contributed by atoms with Crippen LogP contribution in [0, 0.1) is 0 Å². The second-order valence-corrected chi connectivity index (χ2v) is 9.00. The lowest BCUT2D eigenvalue weighted by molar-refractivity contribution is -0.113. The Balaban J connectivity index is 1.55. The van der Waals surface area contributed by atoms with Gasteiger partial charge in [0.1, 0.15) is 0 Å². The number of aryl methyl sites for hydroxylation is 1. The van der Waals surface area contributed by atoms with Crippen molar-refractivity contribution in [2.75, 3.05) is 11.7 Å². The summed E-state index contributed by atoms with van der Waals surface area (Å²) in [4.78, 5) is 20.8. The van der Waals surface area contributed by atoms with Gasteiger partial charge in [0.2, 0.25) is 6.79 Å². The van der Waals surface area contributed by atoms with Crippen LogP contribution >= 0.6 is 11.8 Å². The zero-order valence-corrected chi connectivity index (χ0v) is 18.0. The standard InChI is InChI=1S/C24H24N2O3S/c1-15(2)25-24-26(19-9-5-7-17-6-3-4-8-18(17)19)23(27)22(30-24)13-16-10-11-20-21(12-16)29-14-28-20/h5,7,9-13,15H,3-4,6,8,14H2,1-2H3/b22-13-,25-24?. The van der Waals surface area contributed by atoms with Crippen molar-refractivity contribution >= 4 is 34.6 Å². The van der Waals surface area contributed by atoms with Gasteiger partial charge < -0.3 is 9.47 Å². The molecule has 0 unspecified atom stereocenters. The first kappa shape index (κ1) is 19.2. The van der Waals surface area contributed by atoms with Crippen LogP contribution in [0.25, 0.3) is 6.08 Å². The van der Waals surface area contributed by atoms with Gasteiger partial charge in [0.15, 0.2) is 16.7 Å². The van der Waals surface area contributed by atoms with Crippen LogP contribution in [0.1, 0.15) is 43.4 Å². The summed E-state index contributed by atoms with van der Waals surface area (Å²) in [6, 6.07) is 12.1. The van der Waals surface area contributed by atoms with E-state index in [1.165, 1.54) is 29.3 Å². The molecule has 1 fully saturated rings. The Morgan fingerprint density at radius 3 is 2.80 bits per heavy atom. The van der Waals surface area contributed by atoms with E-state index in [0.29, 0.717) is 10.7 Å². The summed E-state index contributed by atoms with van der Waals surface area (Å²) >= 11 is 1.44. The highest BCUT2D eigenvalue weighted by atomic mass is 32.2. The van der Waals surface area contributed by atoms with Gasteiger partial charge >= 0.3 is 0 Å². The number of rotatable bonds is 3. The third-order valence-corrected chi connectivity index (χ3v) is 6.46. The van der Waals surface area contributed by atoms with E-state index in [1.54, 1.807) is 0 Å². The Labute approximate surface area is 180 Å². The fourth-order valence-electron chi connectivity index (χ4n) is 4.12. The van der Waals surface area contributed by atoms with Gasteiger partial charge in [0, 0.05) is 6.04 Å². The number of aliphatic imine (C=N–C) groups is 1. The van der Waals surface area contributed by atoms with E-state index in [-0.39, 0.29) is 18.7 Å². The van der Waals surface area contributed by atoms with Gasteiger partial charge in [-0.2, -0.15) is 0 Å². The molecule has 0 saturated carbocycles. The fourth-order valence-corrected chi connectivity index (χ4v) is 5.22. The summed E-state index contributed by atoms with van der Waals surface area (Å²) in [5.41, 5.74) is 4.54. The minimum absolute atomic E-state index is 0.0176. The van der Waals surface area contributed by atoms with E-state index in [9.17, 15) is 4.79 Å². The summed E-state index contributed by atoms with van der Waals surface area (Å²) in [7, 11) is 0. The van der Waals surface area contributed by atoms with Crippen LogP contribution in [0.15, 0.2) is 46.3 Å². The highest BCUT2D eigenvalue weighted by Gasteiger charge is 2.36. The number of anilines is 1. The number of nitrogens with zero attached hydrogens (tertiary/aromatic N) is 2. The SMILES string of the molecule is CC(C)N=C1S/C(=C\c2ccc3c(c2)OCO3)C(=O)N1c1cccc2c1CCCC2. The number of hydrogen-bond acceptors (Lipinski definition) is 5. The highest BCUT2D eigenvalue weighted by Crippen LogP contribution is 2.41. The van der Waals surface area contributed by atoms with Crippen LogP contribution in [0.2, 0.25) is 0 Å². The van der Waals surface area contributed by atoms with Gasteiger partial charge in [-0.25, -0.2) is 0 Å². The minimum atomic E-state index is -0.0176. The molecular formula is C24H24N2O3S. The largest absolute Gasteiger partial charge is 0.454 e. The van der Waals surface area contributed by atoms with Crippen molar-refractivity contribution in [3.05, 3.63) is 58.0 Å². The molecule has 5 rings (SSSR count). The number of carbonyl (C=O) groups is 1. The Morgan fingerprint density at radius 2 is 1.93 bits per heavy atom. The van der Waals surface area contributed by atoms with E-state index in [0.717, 1.165) is 41.4 Å². The van der Waals surface area contributed by atoms with Crippen LogP contribution in [0.5, 0.6) is 11.5 Å². The number of carbonyl (C=O) groups excluding carboxylic acids is 1. The predicted molar refractivity (Wildman–Crippen MR) is 121 cm³/mol. The molecule has 2 heterocycles. The molecule has 1 saturated heterocycles. The lowest BCUT2D eigenvalue weighted by atomic mass is 9.90. The number of amidine groups is 1. The number of amides is 1. The summed E-state index contributed by atoms with van der Waals surface area (Å²) < 4.78 is 10.9. The second-order valence-electron chi connectivity index (χ2n) is 7.99. The Kier molecular flexibility index (Phi) is 5.03. The summed E-state index contributed by atoms with van der Waals surface area (Å²) in [5.74, 6) is 1.43. The average Bonchev–Trinajstić information content (AvgIpc) is 3.31. The molecule has 0 spiro atoms. The minimum Gasteiger partial charge on any atom is -0.454 e. The number of fused-ring (bicyclic) bond motifs is 2. The maximum Gasteiger partial charge on any atom is 0.271 e. The smallest absolute Gasteiger partial charge is 0.271 e. The fraction of sp³-hybridized carbons (Fsp3) is 0.333. The van der Waals surface area contributed by atoms with Crippen LogP contribution in [-0.2, 0) is 17.6 Å². The van der Waals surface area contributed by atoms with Gasteiger partial charge in [-0.3, -0.25) is 14.7 Å². The number of benzene rings is 2. The molecule has 6 heteroatoms. The molecule has 3 aliphatic rings. The van der Waals surface area contributed by atoms with E-state index < -0.39 is 0 Å². The zero-order valence-electron chi connectivity index (χ0n) is 17.2. The molecule has 0 bridgehead atoms. The lowest BCUT2D eigenvalue weighted by Gasteiger charge is -2.24. The van der Waals surface area contributed by atoms with E-state index in [2.05, 4.69) is 18.2 Å². The summed E-state index contributed by atoms with van der Waals surface area (Å²) in [6.45, 7) is 4.31. The maximum absolute atomic E-state index is 13.5. The third kappa shape index (κ3) is 3.49. The van der Waals surface area contributed by atoms with Crippen molar-refractivity contribution in [3.63, 3.8) is 0 Å². The lowest BCUT2D eigenvalue weighted by Crippen LogP contribution is -2.31. The number of ether oxygens (including phenoxy) is 2. The van der Waals surface area contributed by atoms with Gasteiger partial charge in [0.25, 0.3) is 5.91 Å². The topological polar surface area (TPSA) is 51.1 Å². The first-order chi connectivity index (χ1) is 14.6. The van der Waals surface area contributed by atoms with Crippen molar-refractivity contribution in [1.82, 2.24) is 0 Å². The Bertz CT molecular complexity index is 1070. The van der Waals surface area contributed by atoms with E-state index in [4.69, 9.17) is 14.5 Å². The highest BCUT2D eigenvalue weighted by molar-refractivity contribution is 8.19. The quantitative estimate of drug-likeness (QED) is 0.642. The van der Waals surface area contributed by atoms with E-state index in [1.807, 2.05) is 43.0 Å². The number of hydrogen-bond donors (Lipinski definition) is 0. The molecule has 0 atom stereocenters. The molecule has 2 aromatic rings. The molecular weight excluding hydrogens is 396 g/mol. The molecule has 1 aliphatic carbocycles. The first-order valence-electron chi connectivity index (χ1n) is 10.4. The summed E-state index contributed by atoms with van der Waals surface area (Å²) in [5, 5.41) is 0.751. The first-order valence-corrected chi connectivity index (χ1v) is 11.2. The van der Waals surface area contributed by atoms with Crippen molar-refractivity contribution in [2.45, 2.75) is 45.6 Å². The molecule has 0 aromatic heterocycles. The normalized spacial score (nSPS) is 20.5. The van der Waals surface area contributed by atoms with Gasteiger partial charge in [-0.1, -0.05) is 18.2 Å². The molecule has 154 valence electrons. The van der Waals surface area contributed by atoms with Crippen LogP contribution < -0.4 is 14.4 Å². The molecule has 5 nitrogen and oxygen atoms in total. The van der Waals surface area contributed by atoms with Gasteiger partial charge in [-0.05, 0) is 92.3 Å². The van der Waals surface area contributed by atoms with Crippen molar-refractivity contribution < 1.29 is 14.3 Å². The zero-order chi connectivity index (χ0) is 20.7. The molecule has 2 aromatic carbocycles. The number of thioether (sulfide) groups is 1. The van der Waals surface area contributed by atoms with Crippen molar-refractivity contribution in [2.24, 2.45) is 4.99 Å². The van der Waals surface area contributed by atoms with Crippen molar-refractivity contribution in [1.29, 1.82) is 0 Å². The monoisotopic (exact) mass is 420 g/mol. The molecule has 30 heavy (non-hydrogen) atoms. The molecule has 0 radical (unpaired) electrons. The Morgan fingerprint density at radius 1 is 1.10 bits per heavy atom. The third-order valence-electron chi connectivity index (χ3n) is 5.48. The second kappa shape index (κ2) is 7.84. The molecule has 1 amide bonds. The van der Waals surface area contributed by atoms with Crippen LogP contribution in [-0.4, -0.2) is 23.9 Å².